The second-order valence-corrected chi connectivity index (χ2v) is 7.96. The smallest absolute Gasteiger partial charge is 0.268 e. The number of nitrogens with one attached hydrogen (secondary N) is 1. The van der Waals surface area contributed by atoms with Crippen LogP contribution in [-0.2, 0) is 16.1 Å². The molecule has 4 rings (SSSR count). The number of rotatable bonds is 10. The van der Waals surface area contributed by atoms with E-state index in [4.69, 9.17) is 18.6 Å². The van der Waals surface area contributed by atoms with Crippen LogP contribution in [0.25, 0.3) is 0 Å². The molecular formula is C26H28N2O7. The normalized spacial score (nSPS) is 15.2. The molecule has 184 valence electrons. The van der Waals surface area contributed by atoms with Gasteiger partial charge in [-0.25, -0.2) is 0 Å². The van der Waals surface area contributed by atoms with Crippen LogP contribution >= 0.6 is 0 Å². The summed E-state index contributed by atoms with van der Waals surface area (Å²) in [7, 11) is 1.59. The van der Waals surface area contributed by atoms with Gasteiger partial charge in [-0.15, -0.1) is 0 Å². The molecule has 35 heavy (non-hydrogen) atoms. The SMILES string of the molecule is COc1ccc(CNC(=O)C(c2ccco2)N(CCCO)C(=O)C2COc3ccccc3O2)cc1. The predicted molar refractivity (Wildman–Crippen MR) is 126 cm³/mol. The predicted octanol–water partition coefficient (Wildman–Crippen LogP) is 2.70. The van der Waals surface area contributed by atoms with Gasteiger partial charge in [0, 0.05) is 19.7 Å². The molecule has 0 saturated carbocycles. The highest BCUT2D eigenvalue weighted by Crippen LogP contribution is 2.32. The summed E-state index contributed by atoms with van der Waals surface area (Å²) in [6.07, 6.45) is 0.777. The van der Waals surface area contributed by atoms with E-state index in [0.29, 0.717) is 23.0 Å². The van der Waals surface area contributed by atoms with Crippen molar-refractivity contribution in [3.63, 3.8) is 0 Å². The Hall–Kier alpha value is -3.98. The van der Waals surface area contributed by atoms with E-state index in [1.165, 1.54) is 11.2 Å². The minimum absolute atomic E-state index is 0.00378. The number of furan rings is 1. The number of para-hydroxylation sites is 2. The number of hydrogen-bond acceptors (Lipinski definition) is 7. The van der Waals surface area contributed by atoms with Crippen molar-refractivity contribution in [2.75, 3.05) is 26.9 Å². The molecule has 2 N–H and O–H groups in total. The van der Waals surface area contributed by atoms with Crippen molar-refractivity contribution in [1.29, 1.82) is 0 Å². The van der Waals surface area contributed by atoms with E-state index in [9.17, 15) is 14.7 Å². The lowest BCUT2D eigenvalue weighted by atomic mass is 10.1. The maximum atomic E-state index is 13.6. The lowest BCUT2D eigenvalue weighted by molar-refractivity contribution is -0.149. The van der Waals surface area contributed by atoms with Crippen molar-refractivity contribution in [2.24, 2.45) is 0 Å². The summed E-state index contributed by atoms with van der Waals surface area (Å²) in [5.74, 6) is 1.18. The molecule has 0 spiro atoms. The fourth-order valence-corrected chi connectivity index (χ4v) is 3.83. The van der Waals surface area contributed by atoms with Crippen molar-refractivity contribution >= 4 is 11.8 Å². The Labute approximate surface area is 203 Å². The van der Waals surface area contributed by atoms with E-state index in [-0.39, 0.29) is 32.7 Å². The van der Waals surface area contributed by atoms with Crippen molar-refractivity contribution < 1.29 is 33.3 Å². The van der Waals surface area contributed by atoms with Crippen LogP contribution in [-0.4, -0.2) is 54.8 Å². The molecule has 0 aliphatic carbocycles. The monoisotopic (exact) mass is 480 g/mol. The van der Waals surface area contributed by atoms with E-state index in [2.05, 4.69) is 5.32 Å². The van der Waals surface area contributed by atoms with Gasteiger partial charge in [0.15, 0.2) is 17.5 Å². The van der Waals surface area contributed by atoms with Crippen LogP contribution in [0.3, 0.4) is 0 Å². The highest BCUT2D eigenvalue weighted by Gasteiger charge is 2.39. The quantitative estimate of drug-likeness (QED) is 0.459. The molecule has 2 aromatic carbocycles. The molecule has 0 bridgehead atoms. The number of fused-ring (bicyclic) bond motifs is 1. The molecule has 1 aromatic heterocycles. The third-order valence-corrected chi connectivity index (χ3v) is 5.62. The van der Waals surface area contributed by atoms with E-state index in [1.54, 1.807) is 49.6 Å². The van der Waals surface area contributed by atoms with Gasteiger partial charge in [0.25, 0.3) is 11.8 Å². The average molecular weight is 481 g/mol. The third-order valence-electron chi connectivity index (χ3n) is 5.62. The van der Waals surface area contributed by atoms with Gasteiger partial charge in [0.05, 0.1) is 13.4 Å². The molecule has 0 radical (unpaired) electrons. The molecule has 2 atom stereocenters. The van der Waals surface area contributed by atoms with Crippen molar-refractivity contribution in [3.05, 3.63) is 78.3 Å². The Balaban J connectivity index is 1.55. The van der Waals surface area contributed by atoms with Crippen molar-refractivity contribution in [3.8, 4) is 17.2 Å². The average Bonchev–Trinajstić information content (AvgIpc) is 3.43. The molecule has 2 unspecified atom stereocenters. The number of amides is 2. The molecule has 1 aliphatic heterocycles. The third kappa shape index (κ3) is 5.75. The van der Waals surface area contributed by atoms with Gasteiger partial charge >= 0.3 is 0 Å². The van der Waals surface area contributed by atoms with Gasteiger partial charge < -0.3 is 34.0 Å². The number of nitrogens with zero attached hydrogens (tertiary/aromatic N) is 1. The van der Waals surface area contributed by atoms with Gasteiger partial charge in [-0.05, 0) is 48.4 Å². The summed E-state index contributed by atoms with van der Waals surface area (Å²) in [6, 6.07) is 16.6. The number of methoxy groups -OCH3 is 1. The van der Waals surface area contributed by atoms with Crippen LogP contribution in [0.15, 0.2) is 71.3 Å². The van der Waals surface area contributed by atoms with Crippen LogP contribution in [0.1, 0.15) is 23.8 Å². The van der Waals surface area contributed by atoms with E-state index in [0.717, 1.165) is 5.56 Å². The van der Waals surface area contributed by atoms with E-state index >= 15 is 0 Å². The van der Waals surface area contributed by atoms with Gasteiger partial charge in [0.2, 0.25) is 6.10 Å². The lowest BCUT2D eigenvalue weighted by Crippen LogP contribution is -2.51. The summed E-state index contributed by atoms with van der Waals surface area (Å²) < 4.78 is 22.3. The minimum atomic E-state index is -1.05. The summed E-state index contributed by atoms with van der Waals surface area (Å²) >= 11 is 0. The lowest BCUT2D eigenvalue weighted by Gasteiger charge is -2.34. The number of benzene rings is 2. The van der Waals surface area contributed by atoms with Crippen LogP contribution in [0, 0.1) is 0 Å². The van der Waals surface area contributed by atoms with Crippen molar-refractivity contribution in [2.45, 2.75) is 25.1 Å². The minimum Gasteiger partial charge on any atom is -0.497 e. The standard InChI is InChI=1S/C26H28N2O7/c1-32-19-11-9-18(10-12-19)16-27-25(30)24(22-8-4-15-33-22)28(13-5-14-29)26(31)23-17-34-20-6-2-3-7-21(20)35-23/h2-4,6-12,15,23-24,29H,5,13-14,16-17H2,1H3,(H,27,30). The highest BCUT2D eigenvalue weighted by molar-refractivity contribution is 5.90. The second-order valence-electron chi connectivity index (χ2n) is 7.96. The maximum absolute atomic E-state index is 13.6. The Morgan fingerprint density at radius 3 is 2.57 bits per heavy atom. The number of aliphatic hydroxyl groups excluding tert-OH is 1. The first-order valence-electron chi connectivity index (χ1n) is 11.3. The zero-order valence-electron chi connectivity index (χ0n) is 19.4. The molecule has 9 heteroatoms. The van der Waals surface area contributed by atoms with Crippen molar-refractivity contribution in [1.82, 2.24) is 10.2 Å². The summed E-state index contributed by atoms with van der Waals surface area (Å²) in [4.78, 5) is 28.4. The van der Waals surface area contributed by atoms with Gasteiger partial charge in [-0.2, -0.15) is 0 Å². The summed E-state index contributed by atoms with van der Waals surface area (Å²) in [5, 5.41) is 12.3. The Morgan fingerprint density at radius 2 is 1.89 bits per heavy atom. The second kappa shape index (κ2) is 11.4. The fourth-order valence-electron chi connectivity index (χ4n) is 3.83. The van der Waals surface area contributed by atoms with Crippen LogP contribution in [0.5, 0.6) is 17.2 Å². The zero-order valence-corrected chi connectivity index (χ0v) is 19.4. The fraction of sp³-hybridized carbons (Fsp3) is 0.308. The summed E-state index contributed by atoms with van der Waals surface area (Å²) in [6.45, 7) is 0.230. The molecule has 3 aromatic rings. The van der Waals surface area contributed by atoms with Gasteiger partial charge in [-0.3, -0.25) is 9.59 Å². The molecule has 0 saturated heterocycles. The Bertz CT molecular complexity index is 1110. The number of hydrogen-bond donors (Lipinski definition) is 2. The van der Waals surface area contributed by atoms with Crippen LogP contribution in [0.2, 0.25) is 0 Å². The molecule has 0 fully saturated rings. The van der Waals surface area contributed by atoms with Gasteiger partial charge in [0.1, 0.15) is 18.1 Å². The zero-order chi connectivity index (χ0) is 24.6. The number of carbonyl (C=O) groups excluding carboxylic acids is 2. The number of aliphatic hydroxyl groups is 1. The van der Waals surface area contributed by atoms with Gasteiger partial charge in [-0.1, -0.05) is 24.3 Å². The largest absolute Gasteiger partial charge is 0.497 e. The molecule has 1 aliphatic rings. The van der Waals surface area contributed by atoms with E-state index < -0.39 is 24.0 Å². The summed E-state index contributed by atoms with van der Waals surface area (Å²) in [5.41, 5.74) is 0.867. The molecule has 2 amide bonds. The Morgan fingerprint density at radius 1 is 1.11 bits per heavy atom. The first kappa shape index (κ1) is 24.2. The highest BCUT2D eigenvalue weighted by atomic mass is 16.6. The van der Waals surface area contributed by atoms with Crippen LogP contribution < -0.4 is 19.5 Å². The number of carbonyl (C=O) groups is 2. The topological polar surface area (TPSA) is 110 Å². The molecule has 9 nitrogen and oxygen atoms in total. The maximum Gasteiger partial charge on any atom is 0.268 e. The van der Waals surface area contributed by atoms with Crippen LogP contribution in [0.4, 0.5) is 0 Å². The first-order chi connectivity index (χ1) is 17.1. The molecular weight excluding hydrogens is 452 g/mol. The molecule has 2 heterocycles. The first-order valence-corrected chi connectivity index (χ1v) is 11.3. The van der Waals surface area contributed by atoms with E-state index in [1.807, 2.05) is 18.2 Å². The number of ether oxygens (including phenoxy) is 3. The Kier molecular flexibility index (Phi) is 7.89.